The molecule has 2 N–H and O–H groups in total. The Hall–Kier alpha value is -2.46. The summed E-state index contributed by atoms with van der Waals surface area (Å²) in [4.78, 5) is 23.5. The Bertz CT molecular complexity index is 772. The van der Waals surface area contributed by atoms with E-state index in [1.54, 1.807) is 23.7 Å². The first-order valence-corrected chi connectivity index (χ1v) is 8.18. The van der Waals surface area contributed by atoms with Gasteiger partial charge in [0.25, 0.3) is 11.6 Å². The summed E-state index contributed by atoms with van der Waals surface area (Å²) in [6, 6.07) is 4.52. The standard InChI is InChI=1S/C14H16N6O3S/c1-19-8-16-18-14(19)24-12-3-2-9(6-11(12)20(22)23)13(21)17-10-4-5-15-7-10/h2-3,6,8,10,15H,4-5,7H2,1H3,(H,17,21). The molecule has 1 aliphatic rings. The van der Waals surface area contributed by atoms with Crippen molar-refractivity contribution in [2.45, 2.75) is 22.5 Å². The minimum atomic E-state index is -0.493. The van der Waals surface area contributed by atoms with Gasteiger partial charge in [0.05, 0.1) is 9.82 Å². The van der Waals surface area contributed by atoms with Crippen LogP contribution in [0.1, 0.15) is 16.8 Å². The Morgan fingerprint density at radius 1 is 1.54 bits per heavy atom. The van der Waals surface area contributed by atoms with Crippen LogP contribution in [0.5, 0.6) is 0 Å². The molecule has 1 aromatic carbocycles. The van der Waals surface area contributed by atoms with Crippen molar-refractivity contribution in [1.82, 2.24) is 25.4 Å². The Labute approximate surface area is 142 Å². The summed E-state index contributed by atoms with van der Waals surface area (Å²) in [6.07, 6.45) is 2.37. The van der Waals surface area contributed by atoms with Gasteiger partial charge >= 0.3 is 0 Å². The van der Waals surface area contributed by atoms with Gasteiger partial charge in [0.2, 0.25) is 0 Å². The average Bonchev–Trinajstić information content (AvgIpc) is 3.20. The van der Waals surface area contributed by atoms with Gasteiger partial charge in [-0.2, -0.15) is 0 Å². The molecule has 1 saturated heterocycles. The smallest absolute Gasteiger partial charge is 0.284 e. The van der Waals surface area contributed by atoms with E-state index in [9.17, 15) is 14.9 Å². The van der Waals surface area contributed by atoms with Crippen LogP contribution < -0.4 is 10.6 Å². The molecule has 0 bridgehead atoms. The van der Waals surface area contributed by atoms with Crippen LogP contribution in [0.15, 0.2) is 34.6 Å². The van der Waals surface area contributed by atoms with Crippen LogP contribution in [-0.4, -0.2) is 44.7 Å². The van der Waals surface area contributed by atoms with E-state index in [2.05, 4.69) is 20.8 Å². The van der Waals surface area contributed by atoms with Gasteiger partial charge in [0.15, 0.2) is 5.16 Å². The number of carbonyl (C=O) groups is 1. The van der Waals surface area contributed by atoms with Crippen molar-refractivity contribution in [2.24, 2.45) is 7.05 Å². The maximum absolute atomic E-state index is 12.3. The Morgan fingerprint density at radius 2 is 2.38 bits per heavy atom. The first-order valence-electron chi connectivity index (χ1n) is 7.36. The SMILES string of the molecule is Cn1cnnc1Sc1ccc(C(=O)NC2CCNC2)cc1[N+](=O)[O-]. The van der Waals surface area contributed by atoms with Gasteiger partial charge in [-0.05, 0) is 36.9 Å². The van der Waals surface area contributed by atoms with E-state index < -0.39 is 4.92 Å². The third-order valence-corrected chi connectivity index (χ3v) is 4.80. The molecule has 0 saturated carbocycles. The van der Waals surface area contributed by atoms with Gasteiger partial charge in [-0.1, -0.05) is 0 Å². The van der Waals surface area contributed by atoms with E-state index in [0.717, 1.165) is 24.7 Å². The normalized spacial score (nSPS) is 17.0. The number of aryl methyl sites for hydroxylation is 1. The van der Waals surface area contributed by atoms with Crippen LogP contribution >= 0.6 is 11.8 Å². The van der Waals surface area contributed by atoms with E-state index in [0.29, 0.717) is 16.6 Å². The molecular weight excluding hydrogens is 332 g/mol. The van der Waals surface area contributed by atoms with Gasteiger partial charge < -0.3 is 15.2 Å². The van der Waals surface area contributed by atoms with Crippen LogP contribution in [-0.2, 0) is 7.05 Å². The summed E-state index contributed by atoms with van der Waals surface area (Å²) >= 11 is 1.14. The number of carbonyl (C=O) groups excluding carboxylic acids is 1. The molecule has 9 nitrogen and oxygen atoms in total. The zero-order chi connectivity index (χ0) is 17.1. The number of nitro benzene ring substituents is 1. The highest BCUT2D eigenvalue weighted by Crippen LogP contribution is 2.34. The summed E-state index contributed by atoms with van der Waals surface area (Å²) in [7, 11) is 1.76. The third-order valence-electron chi connectivity index (χ3n) is 3.68. The predicted molar refractivity (Wildman–Crippen MR) is 87.0 cm³/mol. The Balaban J connectivity index is 1.82. The largest absolute Gasteiger partial charge is 0.348 e. The second kappa shape index (κ2) is 6.97. The summed E-state index contributed by atoms with van der Waals surface area (Å²) in [5.41, 5.74) is 0.149. The number of amides is 1. The number of nitrogens with one attached hydrogen (secondary N) is 2. The lowest BCUT2D eigenvalue weighted by Gasteiger charge is -2.11. The van der Waals surface area contributed by atoms with E-state index in [1.807, 2.05) is 0 Å². The van der Waals surface area contributed by atoms with Crippen molar-refractivity contribution < 1.29 is 9.72 Å². The number of hydrogen-bond donors (Lipinski definition) is 2. The lowest BCUT2D eigenvalue weighted by molar-refractivity contribution is -0.387. The summed E-state index contributed by atoms with van der Waals surface area (Å²) in [6.45, 7) is 1.58. The fourth-order valence-corrected chi connectivity index (χ4v) is 3.25. The highest BCUT2D eigenvalue weighted by atomic mass is 32.2. The zero-order valence-electron chi connectivity index (χ0n) is 12.9. The van der Waals surface area contributed by atoms with E-state index in [-0.39, 0.29) is 23.2 Å². The molecule has 3 rings (SSSR count). The molecule has 2 aromatic rings. The molecule has 1 aliphatic heterocycles. The van der Waals surface area contributed by atoms with Crippen LogP contribution in [0.2, 0.25) is 0 Å². The Morgan fingerprint density at radius 3 is 3.00 bits per heavy atom. The zero-order valence-corrected chi connectivity index (χ0v) is 13.7. The molecular formula is C14H16N6O3S. The topological polar surface area (TPSA) is 115 Å². The molecule has 2 heterocycles. The second-order valence-electron chi connectivity index (χ2n) is 5.43. The predicted octanol–water partition coefficient (Wildman–Crippen LogP) is 0.966. The van der Waals surface area contributed by atoms with Crippen LogP contribution in [0, 0.1) is 10.1 Å². The molecule has 1 unspecified atom stereocenters. The van der Waals surface area contributed by atoms with Crippen LogP contribution in [0.4, 0.5) is 5.69 Å². The summed E-state index contributed by atoms with van der Waals surface area (Å²) < 4.78 is 1.67. The van der Waals surface area contributed by atoms with Gasteiger partial charge in [0.1, 0.15) is 6.33 Å². The molecule has 126 valence electrons. The minimum Gasteiger partial charge on any atom is -0.348 e. The van der Waals surface area contributed by atoms with Crippen molar-refractivity contribution in [3.8, 4) is 0 Å². The minimum absolute atomic E-state index is 0.0595. The van der Waals surface area contributed by atoms with E-state index in [4.69, 9.17) is 0 Å². The number of hydrogen-bond acceptors (Lipinski definition) is 7. The highest BCUT2D eigenvalue weighted by Gasteiger charge is 2.22. The van der Waals surface area contributed by atoms with Gasteiger partial charge in [-0.3, -0.25) is 14.9 Å². The number of nitro groups is 1. The summed E-state index contributed by atoms with van der Waals surface area (Å²) in [5, 5.41) is 25.6. The molecule has 0 spiro atoms. The monoisotopic (exact) mass is 348 g/mol. The van der Waals surface area contributed by atoms with Gasteiger partial charge in [-0.25, -0.2) is 0 Å². The number of aromatic nitrogens is 3. The molecule has 10 heteroatoms. The van der Waals surface area contributed by atoms with Gasteiger partial charge in [-0.15, -0.1) is 10.2 Å². The quantitative estimate of drug-likeness (QED) is 0.611. The Kier molecular flexibility index (Phi) is 4.76. The number of benzene rings is 1. The molecule has 1 atom stereocenters. The fourth-order valence-electron chi connectivity index (χ4n) is 2.40. The van der Waals surface area contributed by atoms with Crippen molar-refractivity contribution in [3.05, 3.63) is 40.2 Å². The van der Waals surface area contributed by atoms with Crippen molar-refractivity contribution in [2.75, 3.05) is 13.1 Å². The molecule has 1 fully saturated rings. The number of rotatable bonds is 5. The summed E-state index contributed by atoms with van der Waals surface area (Å²) in [5.74, 6) is -0.304. The first kappa shape index (κ1) is 16.4. The number of nitrogens with zero attached hydrogens (tertiary/aromatic N) is 4. The maximum atomic E-state index is 12.3. The second-order valence-corrected chi connectivity index (χ2v) is 6.44. The van der Waals surface area contributed by atoms with Gasteiger partial charge in [0, 0.05) is 31.3 Å². The molecule has 1 amide bonds. The van der Waals surface area contributed by atoms with E-state index >= 15 is 0 Å². The average molecular weight is 348 g/mol. The van der Waals surface area contributed by atoms with Crippen molar-refractivity contribution in [1.29, 1.82) is 0 Å². The fraction of sp³-hybridized carbons (Fsp3) is 0.357. The molecule has 0 aliphatic carbocycles. The molecule has 1 aromatic heterocycles. The van der Waals surface area contributed by atoms with Crippen molar-refractivity contribution >= 4 is 23.4 Å². The maximum Gasteiger partial charge on any atom is 0.284 e. The third kappa shape index (κ3) is 3.54. The lowest BCUT2D eigenvalue weighted by atomic mass is 10.1. The lowest BCUT2D eigenvalue weighted by Crippen LogP contribution is -2.36. The van der Waals surface area contributed by atoms with Crippen LogP contribution in [0.3, 0.4) is 0 Å². The highest BCUT2D eigenvalue weighted by molar-refractivity contribution is 7.99. The molecule has 0 radical (unpaired) electrons. The molecule has 24 heavy (non-hydrogen) atoms. The first-order chi connectivity index (χ1) is 11.5. The van der Waals surface area contributed by atoms with Crippen molar-refractivity contribution in [3.63, 3.8) is 0 Å². The van der Waals surface area contributed by atoms with E-state index in [1.165, 1.54) is 12.4 Å². The van der Waals surface area contributed by atoms with Crippen LogP contribution in [0.25, 0.3) is 0 Å².